The largest absolute Gasteiger partial charge is 0.493 e. The fourth-order valence-corrected chi connectivity index (χ4v) is 6.64. The minimum absolute atomic E-state index is 0.174. The van der Waals surface area contributed by atoms with Gasteiger partial charge in [0.05, 0.1) is 24.6 Å². The van der Waals surface area contributed by atoms with E-state index in [0.717, 1.165) is 11.1 Å². The van der Waals surface area contributed by atoms with Crippen LogP contribution in [0.3, 0.4) is 0 Å². The summed E-state index contributed by atoms with van der Waals surface area (Å²) in [6.07, 6.45) is -0.108. The summed E-state index contributed by atoms with van der Waals surface area (Å²) in [6.45, 7) is 5.94. The number of hydrogen-bond acceptors (Lipinski definition) is 10. The standard InChI is InChI=1S/C31H37N5O6S/c1-31(2,3)42-30(37)35-17-16-23-18-28(41-20-22-12-8-6-9-13-22)27(40-5)19-25(23)26(35)21-43(38,39)29-32-34(4)33-36(29)24-14-10-7-11-15-24/h6-15,18-19,26,33H,16-17,20-21H2,1-5H3. The molecule has 228 valence electrons. The van der Waals surface area contributed by atoms with E-state index in [1.54, 1.807) is 46.0 Å². The topological polar surface area (TPSA) is 113 Å². The third kappa shape index (κ3) is 6.86. The molecule has 2 heterocycles. The molecule has 0 aromatic heterocycles. The molecule has 1 N–H and O–H groups in total. The number of ether oxygens (including phenoxy) is 3. The second-order valence-corrected chi connectivity index (χ2v) is 13.3. The molecule has 12 heteroatoms. The van der Waals surface area contributed by atoms with Gasteiger partial charge in [0.25, 0.3) is 5.17 Å². The van der Waals surface area contributed by atoms with Gasteiger partial charge in [-0.1, -0.05) is 48.5 Å². The predicted molar refractivity (Wildman–Crippen MR) is 164 cm³/mol. The number of carbonyl (C=O) groups excluding carboxylic acids is 1. The van der Waals surface area contributed by atoms with E-state index in [2.05, 4.69) is 10.6 Å². The maximum Gasteiger partial charge on any atom is 0.410 e. The lowest BCUT2D eigenvalue weighted by Gasteiger charge is -2.38. The average molecular weight is 608 g/mol. The Morgan fingerprint density at radius 1 is 1.02 bits per heavy atom. The van der Waals surface area contributed by atoms with Gasteiger partial charge < -0.3 is 14.2 Å². The Kier molecular flexibility index (Phi) is 8.52. The van der Waals surface area contributed by atoms with Gasteiger partial charge in [-0.05, 0) is 68.1 Å². The minimum Gasteiger partial charge on any atom is -0.493 e. The number of para-hydroxylation sites is 1. The molecule has 0 saturated heterocycles. The van der Waals surface area contributed by atoms with Gasteiger partial charge in [0.2, 0.25) is 9.84 Å². The number of amides is 1. The van der Waals surface area contributed by atoms with Crippen LogP contribution in [0.5, 0.6) is 11.5 Å². The molecule has 2 aliphatic rings. The molecule has 3 aromatic carbocycles. The summed E-state index contributed by atoms with van der Waals surface area (Å²) < 4.78 is 45.7. The molecular weight excluding hydrogens is 570 g/mol. The lowest BCUT2D eigenvalue weighted by molar-refractivity contribution is 0.0162. The monoisotopic (exact) mass is 607 g/mol. The molecule has 1 unspecified atom stereocenters. The van der Waals surface area contributed by atoms with Crippen molar-refractivity contribution in [1.29, 1.82) is 0 Å². The summed E-state index contributed by atoms with van der Waals surface area (Å²) >= 11 is 0. The number of rotatable bonds is 7. The molecule has 43 heavy (non-hydrogen) atoms. The molecule has 11 nitrogen and oxygen atoms in total. The Morgan fingerprint density at radius 3 is 2.35 bits per heavy atom. The number of benzene rings is 3. The molecule has 1 amide bonds. The Bertz CT molecular complexity index is 1590. The number of anilines is 1. The lowest BCUT2D eigenvalue weighted by atomic mass is 9.93. The first-order valence-corrected chi connectivity index (χ1v) is 15.6. The maximum absolute atomic E-state index is 14.1. The highest BCUT2D eigenvalue weighted by Gasteiger charge is 2.41. The molecule has 0 aliphatic carbocycles. The molecule has 2 aliphatic heterocycles. The summed E-state index contributed by atoms with van der Waals surface area (Å²) in [7, 11) is -0.923. The number of amidine groups is 1. The quantitative estimate of drug-likeness (QED) is 0.410. The van der Waals surface area contributed by atoms with Gasteiger partial charge >= 0.3 is 6.09 Å². The lowest BCUT2D eigenvalue weighted by Crippen LogP contribution is -2.48. The fraction of sp³-hybridized carbons (Fsp3) is 0.355. The average Bonchev–Trinajstić information content (AvgIpc) is 3.38. The number of nitrogens with one attached hydrogen (secondary N) is 1. The molecular formula is C31H37N5O6S. The van der Waals surface area contributed by atoms with Gasteiger partial charge in [-0.2, -0.15) is 0 Å². The van der Waals surface area contributed by atoms with Gasteiger partial charge in [0.1, 0.15) is 12.2 Å². The maximum atomic E-state index is 14.1. The van der Waals surface area contributed by atoms with Crippen molar-refractivity contribution in [3.63, 3.8) is 0 Å². The molecule has 0 saturated carbocycles. The van der Waals surface area contributed by atoms with Crippen molar-refractivity contribution in [3.8, 4) is 11.5 Å². The summed E-state index contributed by atoms with van der Waals surface area (Å²) in [5.41, 5.74) is 5.30. The van der Waals surface area contributed by atoms with E-state index in [9.17, 15) is 13.2 Å². The van der Waals surface area contributed by atoms with E-state index < -0.39 is 33.3 Å². The Labute approximate surface area is 252 Å². The van der Waals surface area contributed by atoms with E-state index in [-0.39, 0.29) is 11.7 Å². The molecule has 0 fully saturated rings. The van der Waals surface area contributed by atoms with Gasteiger partial charge in [-0.3, -0.25) is 4.90 Å². The normalized spacial score (nSPS) is 16.9. The molecule has 5 rings (SSSR count). The van der Waals surface area contributed by atoms with Gasteiger partial charge in [0.15, 0.2) is 11.5 Å². The van der Waals surface area contributed by atoms with Crippen molar-refractivity contribution in [3.05, 3.63) is 89.5 Å². The molecule has 1 atom stereocenters. The van der Waals surface area contributed by atoms with E-state index in [1.165, 1.54) is 22.1 Å². The summed E-state index contributed by atoms with van der Waals surface area (Å²) in [4.78, 5) is 14.9. The molecule has 0 bridgehead atoms. The van der Waals surface area contributed by atoms with Crippen LogP contribution in [0.2, 0.25) is 0 Å². The van der Waals surface area contributed by atoms with E-state index in [4.69, 9.17) is 14.2 Å². The summed E-state index contributed by atoms with van der Waals surface area (Å²) in [5, 5.41) is 6.84. The van der Waals surface area contributed by atoms with Crippen LogP contribution in [0, 0.1) is 0 Å². The van der Waals surface area contributed by atoms with Crippen molar-refractivity contribution in [2.24, 2.45) is 5.10 Å². The summed E-state index contributed by atoms with van der Waals surface area (Å²) in [5.74, 6) is 0.553. The van der Waals surface area contributed by atoms with Gasteiger partial charge in [-0.15, -0.1) is 10.6 Å². The van der Waals surface area contributed by atoms with Crippen LogP contribution in [-0.4, -0.2) is 61.8 Å². The van der Waals surface area contributed by atoms with Gasteiger partial charge in [-0.25, -0.2) is 23.3 Å². The van der Waals surface area contributed by atoms with Crippen molar-refractivity contribution < 1.29 is 27.4 Å². The number of carbonyl (C=O) groups is 1. The summed E-state index contributed by atoms with van der Waals surface area (Å²) in [6, 6.07) is 21.6. The zero-order valence-electron chi connectivity index (χ0n) is 25.0. The predicted octanol–water partition coefficient (Wildman–Crippen LogP) is 4.67. The number of hydrogen-bond donors (Lipinski definition) is 1. The van der Waals surface area contributed by atoms with Crippen LogP contribution in [0.15, 0.2) is 77.9 Å². The van der Waals surface area contributed by atoms with Crippen molar-refractivity contribution in [1.82, 2.24) is 15.6 Å². The number of fused-ring (bicyclic) bond motifs is 1. The molecule has 0 spiro atoms. The van der Waals surface area contributed by atoms with Crippen LogP contribution in [-0.2, 0) is 27.6 Å². The van der Waals surface area contributed by atoms with Crippen molar-refractivity contribution in [2.75, 3.05) is 31.5 Å². The number of sulfone groups is 1. The first-order valence-electron chi connectivity index (χ1n) is 14.0. The third-order valence-electron chi connectivity index (χ3n) is 6.99. The molecule has 3 aromatic rings. The second-order valence-electron chi connectivity index (χ2n) is 11.4. The highest BCUT2D eigenvalue weighted by atomic mass is 32.2. The Morgan fingerprint density at radius 2 is 1.70 bits per heavy atom. The Hall–Kier alpha value is -4.29. The molecule has 0 radical (unpaired) electrons. The Balaban J connectivity index is 1.51. The first kappa shape index (κ1) is 30.2. The van der Waals surface area contributed by atoms with E-state index in [0.29, 0.717) is 35.8 Å². The highest BCUT2D eigenvalue weighted by molar-refractivity contribution is 8.06. The third-order valence-corrected chi connectivity index (χ3v) is 8.56. The van der Waals surface area contributed by atoms with Gasteiger partial charge in [0, 0.05) is 13.6 Å². The fourth-order valence-electron chi connectivity index (χ4n) is 5.05. The van der Waals surface area contributed by atoms with Crippen LogP contribution >= 0.6 is 0 Å². The zero-order valence-corrected chi connectivity index (χ0v) is 25.8. The first-order chi connectivity index (χ1) is 20.4. The SMILES string of the molecule is COc1cc2c(cc1OCc1ccccc1)CCN(C(=O)OC(C)(C)C)C2CS(=O)(=O)C1=NN(C)NN1c1ccccc1. The van der Waals surface area contributed by atoms with Crippen molar-refractivity contribution in [2.45, 2.75) is 45.4 Å². The number of hydrazone groups is 1. The van der Waals surface area contributed by atoms with Crippen LogP contribution in [0.4, 0.5) is 10.5 Å². The van der Waals surface area contributed by atoms with Crippen LogP contribution in [0.1, 0.15) is 43.5 Å². The minimum atomic E-state index is -4.07. The number of methoxy groups -OCH3 is 1. The second kappa shape index (κ2) is 12.1. The van der Waals surface area contributed by atoms with Crippen LogP contribution < -0.4 is 20.0 Å². The van der Waals surface area contributed by atoms with Crippen LogP contribution in [0.25, 0.3) is 0 Å². The van der Waals surface area contributed by atoms with E-state index in [1.807, 2.05) is 54.6 Å². The number of hydrazine groups is 2. The smallest absolute Gasteiger partial charge is 0.410 e. The zero-order chi connectivity index (χ0) is 30.8. The highest BCUT2D eigenvalue weighted by Crippen LogP contribution is 2.40. The van der Waals surface area contributed by atoms with Crippen molar-refractivity contribution >= 4 is 26.8 Å². The number of nitrogens with zero attached hydrogens (tertiary/aromatic N) is 4. The van der Waals surface area contributed by atoms with E-state index >= 15 is 0 Å².